The Kier molecular flexibility index (Phi) is 3.20. The third-order valence-electron chi connectivity index (χ3n) is 2.03. The number of rotatable bonds is 2. The molecule has 1 rings (SSSR count). The molecule has 66 valence electrons. The van der Waals surface area contributed by atoms with Gasteiger partial charge in [0.15, 0.2) is 0 Å². The summed E-state index contributed by atoms with van der Waals surface area (Å²) in [5, 5.41) is 8.18. The van der Waals surface area contributed by atoms with Crippen molar-refractivity contribution in [2.45, 2.75) is 33.6 Å². The van der Waals surface area contributed by atoms with Crippen LogP contribution >= 0.6 is 0 Å². The lowest BCUT2D eigenvalue weighted by Crippen LogP contribution is -2.00. The maximum Gasteiger partial charge on any atom is 0.0656 e. The van der Waals surface area contributed by atoms with E-state index in [0.717, 1.165) is 18.6 Å². The normalized spacial score (nSPS) is 23.1. The van der Waals surface area contributed by atoms with Crippen molar-refractivity contribution in [3.8, 4) is 0 Å². The number of nitrogens with zero attached hydrogens (tertiary/aromatic N) is 2. The zero-order chi connectivity index (χ0) is 8.97. The van der Waals surface area contributed by atoms with Gasteiger partial charge in [-0.3, -0.25) is 0 Å². The molecule has 0 saturated heterocycles. The van der Waals surface area contributed by atoms with Crippen LogP contribution in [0.2, 0.25) is 0 Å². The second-order valence-electron chi connectivity index (χ2n) is 3.07. The molecule has 12 heavy (non-hydrogen) atoms. The van der Waals surface area contributed by atoms with Gasteiger partial charge in [-0.2, -0.15) is 10.2 Å². The predicted molar refractivity (Wildman–Crippen MR) is 53.8 cm³/mol. The Hall–Kier alpha value is -0.920. The molecule has 0 bridgehead atoms. The molecule has 1 atom stereocenters. The second-order valence-corrected chi connectivity index (χ2v) is 3.07. The van der Waals surface area contributed by atoms with Gasteiger partial charge in [0.25, 0.3) is 0 Å². The summed E-state index contributed by atoms with van der Waals surface area (Å²) in [5.41, 5.74) is 2.49. The van der Waals surface area contributed by atoms with E-state index in [1.165, 1.54) is 5.57 Å². The van der Waals surface area contributed by atoms with Gasteiger partial charge in [-0.1, -0.05) is 26.8 Å². The molecule has 0 saturated carbocycles. The zero-order valence-electron chi connectivity index (χ0n) is 8.04. The highest BCUT2D eigenvalue weighted by Gasteiger charge is 2.07. The third-order valence-corrected chi connectivity index (χ3v) is 2.03. The summed E-state index contributed by atoms with van der Waals surface area (Å²) >= 11 is 0. The number of allylic oxidation sites excluding steroid dienone is 2. The summed E-state index contributed by atoms with van der Waals surface area (Å²) in [6.07, 6.45) is 6.17. The van der Waals surface area contributed by atoms with Crippen LogP contribution in [0, 0.1) is 5.92 Å². The third kappa shape index (κ3) is 2.03. The highest BCUT2D eigenvalue weighted by molar-refractivity contribution is 6.00. The van der Waals surface area contributed by atoms with Crippen molar-refractivity contribution in [2.75, 3.05) is 0 Å². The van der Waals surface area contributed by atoms with Gasteiger partial charge in [0.05, 0.1) is 5.71 Å². The first-order valence-electron chi connectivity index (χ1n) is 4.59. The molecule has 1 unspecified atom stereocenters. The van der Waals surface area contributed by atoms with Crippen LogP contribution in [0.4, 0.5) is 0 Å². The van der Waals surface area contributed by atoms with Crippen LogP contribution in [0.15, 0.2) is 21.9 Å². The molecule has 2 heteroatoms. The molecule has 2 nitrogen and oxygen atoms in total. The van der Waals surface area contributed by atoms with Crippen LogP contribution in [0.5, 0.6) is 0 Å². The van der Waals surface area contributed by atoms with Crippen molar-refractivity contribution in [3.05, 3.63) is 11.6 Å². The van der Waals surface area contributed by atoms with Gasteiger partial charge in [0.2, 0.25) is 0 Å². The molecule has 1 heterocycles. The van der Waals surface area contributed by atoms with Crippen LogP contribution < -0.4 is 0 Å². The van der Waals surface area contributed by atoms with Gasteiger partial charge < -0.3 is 0 Å². The molecule has 0 N–H and O–H groups in total. The first-order chi connectivity index (χ1) is 5.77. The standard InChI is InChI=1S/C10H16N2/c1-4-9-6-8(3)7-11-12-10(9)5-2/h6-8H,4-5H2,1-3H3. The molecule has 0 aromatic rings. The average molecular weight is 164 g/mol. The number of hydrogen-bond acceptors (Lipinski definition) is 2. The summed E-state index contributed by atoms with van der Waals surface area (Å²) in [6.45, 7) is 6.41. The fourth-order valence-corrected chi connectivity index (χ4v) is 1.35. The minimum atomic E-state index is 0.424. The average Bonchev–Trinajstić information content (AvgIpc) is 2.26. The van der Waals surface area contributed by atoms with Crippen molar-refractivity contribution in [2.24, 2.45) is 16.1 Å². The zero-order valence-corrected chi connectivity index (χ0v) is 8.04. The molecule has 0 aromatic heterocycles. The van der Waals surface area contributed by atoms with E-state index >= 15 is 0 Å². The van der Waals surface area contributed by atoms with Gasteiger partial charge in [-0.25, -0.2) is 0 Å². The number of hydrogen-bond donors (Lipinski definition) is 0. The van der Waals surface area contributed by atoms with Crippen LogP contribution in [-0.2, 0) is 0 Å². The van der Waals surface area contributed by atoms with Crippen molar-refractivity contribution in [1.29, 1.82) is 0 Å². The maximum absolute atomic E-state index is 4.16. The van der Waals surface area contributed by atoms with E-state index in [0.29, 0.717) is 5.92 Å². The summed E-state index contributed by atoms with van der Waals surface area (Å²) in [5.74, 6) is 0.424. The molecule has 0 spiro atoms. The van der Waals surface area contributed by atoms with E-state index in [2.05, 4.69) is 37.1 Å². The Labute approximate surface area is 74.1 Å². The maximum atomic E-state index is 4.16. The van der Waals surface area contributed by atoms with Crippen LogP contribution in [0.25, 0.3) is 0 Å². The minimum Gasteiger partial charge on any atom is -0.163 e. The van der Waals surface area contributed by atoms with Crippen molar-refractivity contribution >= 4 is 11.9 Å². The highest BCUT2D eigenvalue weighted by atomic mass is 15.2. The van der Waals surface area contributed by atoms with E-state index in [-0.39, 0.29) is 0 Å². The van der Waals surface area contributed by atoms with Crippen molar-refractivity contribution in [1.82, 2.24) is 0 Å². The summed E-state index contributed by atoms with van der Waals surface area (Å²) < 4.78 is 0. The molecular formula is C10H16N2. The SMILES string of the molecule is CCC1=CC(C)C=NN=C1CC. The predicted octanol–water partition coefficient (Wildman–Crippen LogP) is 2.81. The van der Waals surface area contributed by atoms with Crippen molar-refractivity contribution < 1.29 is 0 Å². The monoisotopic (exact) mass is 164 g/mol. The van der Waals surface area contributed by atoms with Gasteiger partial charge >= 0.3 is 0 Å². The Balaban J connectivity index is 2.90. The summed E-state index contributed by atoms with van der Waals surface area (Å²) in [4.78, 5) is 0. The van der Waals surface area contributed by atoms with E-state index in [4.69, 9.17) is 0 Å². The molecular weight excluding hydrogens is 148 g/mol. The Bertz CT molecular complexity index is 236. The summed E-state index contributed by atoms with van der Waals surface area (Å²) in [7, 11) is 0. The smallest absolute Gasteiger partial charge is 0.0656 e. The van der Waals surface area contributed by atoms with E-state index in [1.54, 1.807) is 0 Å². The topological polar surface area (TPSA) is 24.7 Å². The quantitative estimate of drug-likeness (QED) is 0.599. The van der Waals surface area contributed by atoms with Gasteiger partial charge in [-0.05, 0) is 18.4 Å². The van der Waals surface area contributed by atoms with E-state index in [1.807, 2.05) is 6.21 Å². The Morgan fingerprint density at radius 3 is 2.67 bits per heavy atom. The minimum absolute atomic E-state index is 0.424. The van der Waals surface area contributed by atoms with Gasteiger partial charge in [-0.15, -0.1) is 0 Å². The molecule has 0 amide bonds. The lowest BCUT2D eigenvalue weighted by atomic mass is 10.0. The highest BCUT2D eigenvalue weighted by Crippen LogP contribution is 2.13. The molecule has 0 aromatic carbocycles. The van der Waals surface area contributed by atoms with Crippen LogP contribution in [0.3, 0.4) is 0 Å². The van der Waals surface area contributed by atoms with E-state index < -0.39 is 0 Å². The van der Waals surface area contributed by atoms with Crippen LogP contribution in [0.1, 0.15) is 33.6 Å². The molecule has 1 aliphatic rings. The largest absolute Gasteiger partial charge is 0.163 e. The first kappa shape index (κ1) is 9.17. The lowest BCUT2D eigenvalue weighted by molar-refractivity contribution is 0.995. The first-order valence-corrected chi connectivity index (χ1v) is 4.59. The molecule has 1 aliphatic heterocycles. The fraction of sp³-hybridized carbons (Fsp3) is 0.600. The van der Waals surface area contributed by atoms with Gasteiger partial charge in [0.1, 0.15) is 0 Å². The van der Waals surface area contributed by atoms with Gasteiger partial charge in [0, 0.05) is 12.1 Å². The molecule has 0 radical (unpaired) electrons. The fourth-order valence-electron chi connectivity index (χ4n) is 1.35. The Morgan fingerprint density at radius 1 is 1.33 bits per heavy atom. The lowest BCUT2D eigenvalue weighted by Gasteiger charge is -2.04. The molecule has 0 aliphatic carbocycles. The Morgan fingerprint density at radius 2 is 2.08 bits per heavy atom. The van der Waals surface area contributed by atoms with E-state index in [9.17, 15) is 0 Å². The molecule has 0 fully saturated rings. The van der Waals surface area contributed by atoms with Crippen molar-refractivity contribution in [3.63, 3.8) is 0 Å². The second kappa shape index (κ2) is 4.19. The van der Waals surface area contributed by atoms with Crippen LogP contribution in [-0.4, -0.2) is 11.9 Å². The summed E-state index contributed by atoms with van der Waals surface area (Å²) in [6, 6.07) is 0.